The number of amides is 1. The van der Waals surface area contributed by atoms with Crippen molar-refractivity contribution in [3.8, 4) is 0 Å². The molecule has 1 aromatic carbocycles. The van der Waals surface area contributed by atoms with Crippen LogP contribution in [0.5, 0.6) is 0 Å². The maximum absolute atomic E-state index is 12.7. The Kier molecular flexibility index (Phi) is 8.46. The predicted octanol–water partition coefficient (Wildman–Crippen LogP) is 2.84. The Labute approximate surface area is 150 Å². The van der Waals surface area contributed by atoms with Gasteiger partial charge in [0.15, 0.2) is 0 Å². The average Bonchev–Trinajstić information content (AvgIpc) is 2.55. The van der Waals surface area contributed by atoms with Crippen molar-refractivity contribution in [1.29, 1.82) is 0 Å². The maximum Gasteiger partial charge on any atom is 0.320 e. The van der Waals surface area contributed by atoms with Crippen LogP contribution in [0, 0.1) is 0 Å². The van der Waals surface area contributed by atoms with Gasteiger partial charge in [0.1, 0.15) is 0 Å². The van der Waals surface area contributed by atoms with Gasteiger partial charge in [-0.2, -0.15) is 0 Å². The SMILES string of the molecule is CCOC(=O)CN(CC(=O)N1CCCCCCC1)Cc1ccccc1. The van der Waals surface area contributed by atoms with Crippen molar-refractivity contribution < 1.29 is 14.3 Å². The second kappa shape index (κ2) is 10.9. The first-order chi connectivity index (χ1) is 12.2. The highest BCUT2D eigenvalue weighted by atomic mass is 16.5. The largest absolute Gasteiger partial charge is 0.465 e. The molecule has 0 radical (unpaired) electrons. The first-order valence-electron chi connectivity index (χ1n) is 9.38. The number of ether oxygens (including phenoxy) is 1. The molecule has 0 bridgehead atoms. The van der Waals surface area contributed by atoms with Crippen molar-refractivity contribution in [2.75, 3.05) is 32.8 Å². The highest BCUT2D eigenvalue weighted by Crippen LogP contribution is 2.12. The van der Waals surface area contributed by atoms with Gasteiger partial charge < -0.3 is 9.64 Å². The Morgan fingerprint density at radius 2 is 1.64 bits per heavy atom. The Hall–Kier alpha value is -1.88. The molecule has 5 nitrogen and oxygen atoms in total. The number of esters is 1. The van der Waals surface area contributed by atoms with Crippen LogP contribution >= 0.6 is 0 Å². The summed E-state index contributed by atoms with van der Waals surface area (Å²) < 4.78 is 5.07. The standard InChI is InChI=1S/C20H30N2O3/c1-2-25-20(24)17-21(15-18-11-7-6-8-12-18)16-19(23)22-13-9-4-3-5-10-14-22/h6-8,11-12H,2-5,9-10,13-17H2,1H3. The van der Waals surface area contributed by atoms with Gasteiger partial charge in [-0.1, -0.05) is 49.6 Å². The zero-order valence-corrected chi connectivity index (χ0v) is 15.3. The third kappa shape index (κ3) is 7.26. The first-order valence-corrected chi connectivity index (χ1v) is 9.38. The van der Waals surface area contributed by atoms with E-state index in [0.29, 0.717) is 13.2 Å². The van der Waals surface area contributed by atoms with Gasteiger partial charge in [-0.25, -0.2) is 0 Å². The summed E-state index contributed by atoms with van der Waals surface area (Å²) in [5.74, 6) is -0.166. The van der Waals surface area contributed by atoms with Crippen molar-refractivity contribution in [1.82, 2.24) is 9.80 Å². The van der Waals surface area contributed by atoms with Crippen molar-refractivity contribution in [3.63, 3.8) is 0 Å². The number of likely N-dealkylation sites (tertiary alicyclic amines) is 1. The van der Waals surface area contributed by atoms with Crippen molar-refractivity contribution >= 4 is 11.9 Å². The highest BCUT2D eigenvalue weighted by Gasteiger charge is 2.20. The fraction of sp³-hybridized carbons (Fsp3) is 0.600. The van der Waals surface area contributed by atoms with Gasteiger partial charge in [-0.3, -0.25) is 14.5 Å². The van der Waals surface area contributed by atoms with Gasteiger partial charge >= 0.3 is 5.97 Å². The van der Waals surface area contributed by atoms with Crippen LogP contribution in [0.3, 0.4) is 0 Å². The molecule has 1 amide bonds. The van der Waals surface area contributed by atoms with Gasteiger partial charge in [0.25, 0.3) is 0 Å². The minimum absolute atomic E-state index is 0.113. The smallest absolute Gasteiger partial charge is 0.320 e. The van der Waals surface area contributed by atoms with E-state index < -0.39 is 0 Å². The molecule has 1 aliphatic heterocycles. The summed E-state index contributed by atoms with van der Waals surface area (Å²) in [4.78, 5) is 28.5. The van der Waals surface area contributed by atoms with Crippen LogP contribution in [0.15, 0.2) is 30.3 Å². The number of carbonyl (C=O) groups is 2. The van der Waals surface area contributed by atoms with Crippen molar-refractivity contribution in [2.45, 2.75) is 45.6 Å². The van der Waals surface area contributed by atoms with E-state index in [1.807, 2.05) is 40.1 Å². The van der Waals surface area contributed by atoms with Crippen LogP contribution < -0.4 is 0 Å². The van der Waals surface area contributed by atoms with E-state index in [4.69, 9.17) is 4.74 Å². The zero-order chi connectivity index (χ0) is 17.9. The molecule has 1 aliphatic rings. The summed E-state index contributed by atoms with van der Waals surface area (Å²) >= 11 is 0. The third-order valence-corrected chi connectivity index (χ3v) is 4.47. The van der Waals surface area contributed by atoms with Gasteiger partial charge in [-0.05, 0) is 25.3 Å². The second-order valence-corrected chi connectivity index (χ2v) is 6.58. The molecule has 0 atom stereocenters. The van der Waals surface area contributed by atoms with Crippen molar-refractivity contribution in [2.24, 2.45) is 0 Å². The lowest BCUT2D eigenvalue weighted by Crippen LogP contribution is -2.43. The summed E-state index contributed by atoms with van der Waals surface area (Å²) in [6.07, 6.45) is 5.80. The van der Waals surface area contributed by atoms with Crippen LogP contribution in [0.1, 0.15) is 44.6 Å². The molecule has 25 heavy (non-hydrogen) atoms. The lowest BCUT2D eigenvalue weighted by molar-refractivity contribution is -0.145. The molecule has 0 unspecified atom stereocenters. The minimum Gasteiger partial charge on any atom is -0.465 e. The van der Waals surface area contributed by atoms with E-state index in [-0.39, 0.29) is 25.0 Å². The Morgan fingerprint density at radius 1 is 1.00 bits per heavy atom. The van der Waals surface area contributed by atoms with Gasteiger partial charge in [0.2, 0.25) is 5.91 Å². The molecule has 5 heteroatoms. The third-order valence-electron chi connectivity index (χ3n) is 4.47. The quantitative estimate of drug-likeness (QED) is 0.713. The van der Waals surface area contributed by atoms with Crippen LogP contribution in [-0.4, -0.2) is 54.5 Å². The summed E-state index contributed by atoms with van der Waals surface area (Å²) in [6.45, 7) is 4.78. The molecule has 1 heterocycles. The fourth-order valence-electron chi connectivity index (χ4n) is 3.19. The summed E-state index contributed by atoms with van der Waals surface area (Å²) in [6, 6.07) is 9.93. The topological polar surface area (TPSA) is 49.9 Å². The minimum atomic E-state index is -0.279. The van der Waals surface area contributed by atoms with Crippen molar-refractivity contribution in [3.05, 3.63) is 35.9 Å². The lowest BCUT2D eigenvalue weighted by atomic mass is 10.1. The molecular formula is C20H30N2O3. The molecule has 138 valence electrons. The molecule has 1 fully saturated rings. The number of rotatable bonds is 7. The monoisotopic (exact) mass is 346 g/mol. The summed E-state index contributed by atoms with van der Waals surface area (Å²) in [5.41, 5.74) is 1.09. The highest BCUT2D eigenvalue weighted by molar-refractivity contribution is 5.79. The van der Waals surface area contributed by atoms with E-state index in [9.17, 15) is 9.59 Å². The number of hydrogen-bond donors (Lipinski definition) is 0. The molecule has 1 aromatic rings. The molecule has 2 rings (SSSR count). The predicted molar refractivity (Wildman–Crippen MR) is 98.0 cm³/mol. The van der Waals surface area contributed by atoms with Crippen LogP contribution in [0.2, 0.25) is 0 Å². The molecular weight excluding hydrogens is 316 g/mol. The van der Waals surface area contributed by atoms with Gasteiger partial charge in [0.05, 0.1) is 19.7 Å². The maximum atomic E-state index is 12.7. The van der Waals surface area contributed by atoms with Crippen LogP contribution in [0.25, 0.3) is 0 Å². The Morgan fingerprint density at radius 3 is 2.28 bits per heavy atom. The second-order valence-electron chi connectivity index (χ2n) is 6.58. The molecule has 0 aromatic heterocycles. The van der Waals surface area contributed by atoms with Crippen LogP contribution in [-0.2, 0) is 20.9 Å². The molecule has 1 saturated heterocycles. The number of nitrogens with zero attached hydrogens (tertiary/aromatic N) is 2. The van der Waals surface area contributed by atoms with Gasteiger partial charge in [0, 0.05) is 19.6 Å². The zero-order valence-electron chi connectivity index (χ0n) is 15.3. The van der Waals surface area contributed by atoms with Gasteiger partial charge in [-0.15, -0.1) is 0 Å². The lowest BCUT2D eigenvalue weighted by Gasteiger charge is -2.28. The summed E-state index contributed by atoms with van der Waals surface area (Å²) in [7, 11) is 0. The first kappa shape index (κ1) is 19.4. The summed E-state index contributed by atoms with van der Waals surface area (Å²) in [5, 5.41) is 0. The number of benzene rings is 1. The molecule has 0 saturated carbocycles. The average molecular weight is 346 g/mol. The van der Waals surface area contributed by atoms with E-state index in [1.165, 1.54) is 19.3 Å². The Balaban J connectivity index is 1.97. The van der Waals surface area contributed by atoms with E-state index in [2.05, 4.69) is 0 Å². The van der Waals surface area contributed by atoms with E-state index in [1.54, 1.807) is 6.92 Å². The number of carbonyl (C=O) groups excluding carboxylic acids is 2. The van der Waals surface area contributed by atoms with E-state index >= 15 is 0 Å². The molecule has 0 aliphatic carbocycles. The van der Waals surface area contributed by atoms with Crippen LogP contribution in [0.4, 0.5) is 0 Å². The molecule has 0 spiro atoms. The Bertz CT molecular complexity index is 525. The molecule has 0 N–H and O–H groups in total. The normalized spacial score (nSPS) is 15.5. The number of hydrogen-bond acceptors (Lipinski definition) is 4. The fourth-order valence-corrected chi connectivity index (χ4v) is 3.19. The van der Waals surface area contributed by atoms with E-state index in [0.717, 1.165) is 31.5 Å².